The minimum Gasteiger partial charge on any atom is -0.339 e. The Morgan fingerprint density at radius 3 is 2.05 bits per heavy atom. The van der Waals surface area contributed by atoms with Crippen LogP contribution in [0, 0.1) is 0 Å². The summed E-state index contributed by atoms with van der Waals surface area (Å²) >= 11 is 0. The lowest BCUT2D eigenvalue weighted by molar-refractivity contribution is 0.0761. The van der Waals surface area contributed by atoms with Crippen LogP contribution in [0.25, 0.3) is 5.69 Å². The van der Waals surface area contributed by atoms with Crippen molar-refractivity contribution in [2.45, 2.75) is 25.7 Å². The molecule has 0 atom stereocenters. The van der Waals surface area contributed by atoms with E-state index in [0.29, 0.717) is 0 Å². The van der Waals surface area contributed by atoms with Crippen LogP contribution in [0.3, 0.4) is 0 Å². The van der Waals surface area contributed by atoms with Crippen LogP contribution in [-0.4, -0.2) is 28.5 Å². The highest BCUT2D eigenvalue weighted by molar-refractivity contribution is 5.94. The summed E-state index contributed by atoms with van der Waals surface area (Å²) in [6, 6.07) is 11.9. The Hall–Kier alpha value is -2.03. The summed E-state index contributed by atoms with van der Waals surface area (Å²) in [5, 5.41) is 0. The molecule has 0 N–H and O–H groups in total. The molecule has 1 amide bonds. The fourth-order valence-electron chi connectivity index (χ4n) is 2.74. The number of carbonyl (C=O) groups is 1. The first-order chi connectivity index (χ1) is 9.84. The van der Waals surface area contributed by atoms with Crippen molar-refractivity contribution in [3.05, 3.63) is 54.4 Å². The van der Waals surface area contributed by atoms with Crippen LogP contribution in [0.2, 0.25) is 0 Å². The van der Waals surface area contributed by atoms with E-state index in [1.54, 1.807) is 0 Å². The van der Waals surface area contributed by atoms with Gasteiger partial charge < -0.3 is 9.47 Å². The number of nitrogens with zero attached hydrogens (tertiary/aromatic N) is 2. The molecule has 0 spiro atoms. The highest BCUT2D eigenvalue weighted by Crippen LogP contribution is 2.15. The maximum absolute atomic E-state index is 12.5. The van der Waals surface area contributed by atoms with E-state index in [0.717, 1.165) is 37.2 Å². The van der Waals surface area contributed by atoms with Crippen molar-refractivity contribution in [1.82, 2.24) is 9.47 Å². The van der Waals surface area contributed by atoms with Crippen LogP contribution >= 0.6 is 0 Å². The first-order valence-electron chi connectivity index (χ1n) is 7.37. The molecule has 1 fully saturated rings. The number of aromatic nitrogens is 1. The Balaban J connectivity index is 1.75. The Bertz CT molecular complexity index is 549. The molecule has 1 saturated heterocycles. The Kier molecular flexibility index (Phi) is 3.86. The maximum atomic E-state index is 12.5. The zero-order valence-electron chi connectivity index (χ0n) is 11.7. The molecule has 0 radical (unpaired) electrons. The predicted octanol–water partition coefficient (Wildman–Crippen LogP) is 3.49. The van der Waals surface area contributed by atoms with E-state index in [9.17, 15) is 4.79 Å². The van der Waals surface area contributed by atoms with Gasteiger partial charge in [0.15, 0.2) is 0 Å². The molecule has 0 bridgehead atoms. The van der Waals surface area contributed by atoms with Crippen LogP contribution in [0.15, 0.2) is 48.8 Å². The number of hydrogen-bond donors (Lipinski definition) is 0. The second kappa shape index (κ2) is 5.95. The molecule has 0 aliphatic carbocycles. The molecule has 0 unspecified atom stereocenters. The number of benzene rings is 1. The van der Waals surface area contributed by atoms with Crippen molar-refractivity contribution in [2.75, 3.05) is 13.1 Å². The summed E-state index contributed by atoms with van der Waals surface area (Å²) in [6.45, 7) is 1.80. The van der Waals surface area contributed by atoms with Crippen molar-refractivity contribution < 1.29 is 4.79 Å². The van der Waals surface area contributed by atoms with E-state index in [1.165, 1.54) is 12.8 Å². The van der Waals surface area contributed by atoms with Gasteiger partial charge in [0.05, 0.1) is 0 Å². The van der Waals surface area contributed by atoms with E-state index >= 15 is 0 Å². The molecule has 3 rings (SSSR count). The molecule has 20 heavy (non-hydrogen) atoms. The summed E-state index contributed by atoms with van der Waals surface area (Å²) in [5.41, 5.74) is 1.88. The van der Waals surface area contributed by atoms with Crippen molar-refractivity contribution in [1.29, 1.82) is 0 Å². The normalized spacial score (nSPS) is 15.9. The van der Waals surface area contributed by atoms with E-state index in [-0.39, 0.29) is 5.91 Å². The van der Waals surface area contributed by atoms with Gasteiger partial charge in [0.25, 0.3) is 5.91 Å². The van der Waals surface area contributed by atoms with E-state index in [2.05, 4.69) is 0 Å². The molecule has 0 saturated carbocycles. The molecule has 1 aliphatic rings. The third-order valence-corrected chi connectivity index (χ3v) is 3.91. The van der Waals surface area contributed by atoms with Crippen LogP contribution in [-0.2, 0) is 0 Å². The number of carbonyl (C=O) groups excluding carboxylic acids is 1. The van der Waals surface area contributed by atoms with Crippen LogP contribution < -0.4 is 0 Å². The third-order valence-electron chi connectivity index (χ3n) is 3.91. The first kappa shape index (κ1) is 13.0. The van der Waals surface area contributed by atoms with E-state index in [1.807, 2.05) is 58.3 Å². The molecule has 3 nitrogen and oxygen atoms in total. The van der Waals surface area contributed by atoms with E-state index in [4.69, 9.17) is 0 Å². The summed E-state index contributed by atoms with van der Waals surface area (Å²) in [4.78, 5) is 14.5. The van der Waals surface area contributed by atoms with Crippen LogP contribution in [0.5, 0.6) is 0 Å². The predicted molar refractivity (Wildman–Crippen MR) is 80.1 cm³/mol. The topological polar surface area (TPSA) is 25.2 Å². The Labute approximate surface area is 119 Å². The quantitative estimate of drug-likeness (QED) is 0.818. The monoisotopic (exact) mass is 268 g/mol. The third kappa shape index (κ3) is 2.77. The summed E-state index contributed by atoms with van der Waals surface area (Å²) in [5.74, 6) is 0.172. The van der Waals surface area contributed by atoms with Crippen LogP contribution in [0.4, 0.5) is 0 Å². The standard InChI is InChI=1S/C17H20N2O/c20-17(19-13-3-1-2-4-14-19)15-7-9-16(10-8-15)18-11-5-6-12-18/h5-12H,1-4,13-14H2. The molecule has 2 heterocycles. The number of rotatable bonds is 2. The summed E-state index contributed by atoms with van der Waals surface area (Å²) in [6.07, 6.45) is 8.77. The lowest BCUT2D eigenvalue weighted by atomic mass is 10.1. The molecule has 2 aromatic rings. The van der Waals surface area contributed by atoms with Gasteiger partial charge >= 0.3 is 0 Å². The van der Waals surface area contributed by atoms with Gasteiger partial charge in [0, 0.05) is 36.7 Å². The van der Waals surface area contributed by atoms with Gasteiger partial charge in [-0.25, -0.2) is 0 Å². The average Bonchev–Trinajstić information content (AvgIpc) is 2.89. The summed E-state index contributed by atoms with van der Waals surface area (Å²) in [7, 11) is 0. The fourth-order valence-corrected chi connectivity index (χ4v) is 2.74. The maximum Gasteiger partial charge on any atom is 0.253 e. The number of hydrogen-bond acceptors (Lipinski definition) is 1. The highest BCUT2D eigenvalue weighted by atomic mass is 16.2. The molecule has 104 valence electrons. The minimum absolute atomic E-state index is 0.172. The van der Waals surface area contributed by atoms with Gasteiger partial charge in [-0.05, 0) is 49.2 Å². The Morgan fingerprint density at radius 2 is 1.45 bits per heavy atom. The largest absolute Gasteiger partial charge is 0.339 e. The van der Waals surface area contributed by atoms with Gasteiger partial charge in [-0.3, -0.25) is 4.79 Å². The molecule has 1 aromatic carbocycles. The van der Waals surface area contributed by atoms with Crippen molar-refractivity contribution >= 4 is 5.91 Å². The molecule has 3 heteroatoms. The smallest absolute Gasteiger partial charge is 0.253 e. The second-order valence-electron chi connectivity index (χ2n) is 5.34. The SMILES string of the molecule is O=C(c1ccc(-n2cccc2)cc1)N1CCCCCC1. The van der Waals surface area contributed by atoms with Crippen molar-refractivity contribution in [2.24, 2.45) is 0 Å². The molecule has 1 aliphatic heterocycles. The zero-order valence-corrected chi connectivity index (χ0v) is 11.7. The number of likely N-dealkylation sites (tertiary alicyclic amines) is 1. The summed E-state index contributed by atoms with van der Waals surface area (Å²) < 4.78 is 2.04. The minimum atomic E-state index is 0.172. The average molecular weight is 268 g/mol. The first-order valence-corrected chi connectivity index (χ1v) is 7.37. The Morgan fingerprint density at radius 1 is 0.850 bits per heavy atom. The highest BCUT2D eigenvalue weighted by Gasteiger charge is 2.16. The molecular weight excluding hydrogens is 248 g/mol. The number of amides is 1. The van der Waals surface area contributed by atoms with Gasteiger partial charge in [0.2, 0.25) is 0 Å². The van der Waals surface area contributed by atoms with Gasteiger partial charge in [-0.1, -0.05) is 12.8 Å². The fraction of sp³-hybridized carbons (Fsp3) is 0.353. The van der Waals surface area contributed by atoms with E-state index < -0.39 is 0 Å². The van der Waals surface area contributed by atoms with Crippen molar-refractivity contribution in [3.63, 3.8) is 0 Å². The van der Waals surface area contributed by atoms with Gasteiger partial charge in [0.1, 0.15) is 0 Å². The zero-order chi connectivity index (χ0) is 13.8. The lowest BCUT2D eigenvalue weighted by Crippen LogP contribution is -2.31. The second-order valence-corrected chi connectivity index (χ2v) is 5.34. The molecule has 1 aromatic heterocycles. The van der Waals surface area contributed by atoms with Gasteiger partial charge in [-0.15, -0.1) is 0 Å². The van der Waals surface area contributed by atoms with Gasteiger partial charge in [-0.2, -0.15) is 0 Å². The molecular formula is C17H20N2O. The van der Waals surface area contributed by atoms with Crippen molar-refractivity contribution in [3.8, 4) is 5.69 Å². The van der Waals surface area contributed by atoms with Crippen LogP contribution in [0.1, 0.15) is 36.0 Å². The lowest BCUT2D eigenvalue weighted by Gasteiger charge is -2.20.